The molecule has 1 saturated heterocycles. The van der Waals surface area contributed by atoms with Crippen molar-refractivity contribution in [3.63, 3.8) is 0 Å². The number of Topliss-reactive ketones (excluding diaryl/α,β-unsaturated/α-hetero) is 1. The van der Waals surface area contributed by atoms with Gasteiger partial charge >= 0.3 is 6.09 Å². The number of hydrogen-bond acceptors (Lipinski definition) is 4. The highest BCUT2D eigenvalue weighted by atomic mass is 16.6. The number of piperazine rings is 1. The second kappa shape index (κ2) is 6.26. The van der Waals surface area contributed by atoms with E-state index in [9.17, 15) is 9.59 Å². The van der Waals surface area contributed by atoms with Crippen LogP contribution in [0.3, 0.4) is 0 Å². The van der Waals surface area contributed by atoms with Crippen LogP contribution < -0.4 is 5.32 Å². The number of ketones is 1. The van der Waals surface area contributed by atoms with E-state index in [1.54, 1.807) is 12.1 Å². The highest BCUT2D eigenvalue weighted by Gasteiger charge is 2.35. The summed E-state index contributed by atoms with van der Waals surface area (Å²) in [5.41, 5.74) is 0.0437. The summed E-state index contributed by atoms with van der Waals surface area (Å²) in [4.78, 5) is 26.4. The normalized spacial score (nSPS) is 19.2. The number of nitrogens with zero attached hydrogens (tertiary/aromatic N) is 1. The Kier molecular flexibility index (Phi) is 4.63. The largest absolute Gasteiger partial charge is 0.444 e. The van der Waals surface area contributed by atoms with Crippen molar-refractivity contribution in [3.05, 3.63) is 35.9 Å². The van der Waals surface area contributed by atoms with E-state index in [2.05, 4.69) is 5.32 Å². The second-order valence-corrected chi connectivity index (χ2v) is 6.12. The van der Waals surface area contributed by atoms with Crippen LogP contribution in [0.25, 0.3) is 0 Å². The molecule has 21 heavy (non-hydrogen) atoms. The third kappa shape index (κ3) is 4.04. The molecule has 0 bridgehead atoms. The first kappa shape index (κ1) is 15.5. The van der Waals surface area contributed by atoms with E-state index in [-0.39, 0.29) is 5.78 Å². The molecule has 1 aromatic carbocycles. The SMILES string of the molecule is CC(C)(C)OC(=O)N1CCNCC1C(=O)c1ccccc1. The van der Waals surface area contributed by atoms with E-state index in [0.29, 0.717) is 25.2 Å². The van der Waals surface area contributed by atoms with Gasteiger partial charge in [0.15, 0.2) is 5.78 Å². The van der Waals surface area contributed by atoms with Gasteiger partial charge < -0.3 is 10.1 Å². The predicted octanol–water partition coefficient (Wildman–Crippen LogP) is 2.08. The van der Waals surface area contributed by atoms with Gasteiger partial charge in [0.2, 0.25) is 0 Å². The number of ether oxygens (including phenoxy) is 1. The summed E-state index contributed by atoms with van der Waals surface area (Å²) in [5.74, 6) is -0.0614. The average molecular weight is 290 g/mol. The quantitative estimate of drug-likeness (QED) is 0.847. The monoisotopic (exact) mass is 290 g/mol. The van der Waals surface area contributed by atoms with Crippen molar-refractivity contribution in [1.82, 2.24) is 10.2 Å². The zero-order chi connectivity index (χ0) is 15.5. The molecule has 0 saturated carbocycles. The Bertz CT molecular complexity index is 508. The number of nitrogens with one attached hydrogen (secondary N) is 1. The summed E-state index contributed by atoms with van der Waals surface area (Å²) in [6, 6.07) is 8.52. The van der Waals surface area contributed by atoms with Gasteiger partial charge in [-0.25, -0.2) is 4.79 Å². The van der Waals surface area contributed by atoms with Crippen molar-refractivity contribution in [2.45, 2.75) is 32.4 Å². The lowest BCUT2D eigenvalue weighted by molar-refractivity contribution is 0.0125. The molecule has 1 aliphatic heterocycles. The van der Waals surface area contributed by atoms with Crippen LogP contribution in [0.2, 0.25) is 0 Å². The maximum absolute atomic E-state index is 12.6. The maximum Gasteiger partial charge on any atom is 0.411 e. The first-order valence-corrected chi connectivity index (χ1v) is 7.18. The van der Waals surface area contributed by atoms with Crippen molar-refractivity contribution >= 4 is 11.9 Å². The summed E-state index contributed by atoms with van der Waals surface area (Å²) in [6.07, 6.45) is -0.432. The Hall–Kier alpha value is -1.88. The molecule has 1 N–H and O–H groups in total. The standard InChI is InChI=1S/C16H22N2O3/c1-16(2,3)21-15(20)18-10-9-17-11-13(18)14(19)12-7-5-4-6-8-12/h4-8,13,17H,9-11H2,1-3H3. The Labute approximate surface area is 125 Å². The van der Waals surface area contributed by atoms with Crippen LogP contribution in [0.4, 0.5) is 4.79 Å². The van der Waals surface area contributed by atoms with E-state index in [1.807, 2.05) is 39.0 Å². The Morgan fingerprint density at radius 3 is 2.52 bits per heavy atom. The van der Waals surface area contributed by atoms with Gasteiger partial charge in [-0.3, -0.25) is 9.69 Å². The fourth-order valence-electron chi connectivity index (χ4n) is 2.27. The van der Waals surface area contributed by atoms with Crippen LogP contribution in [-0.4, -0.2) is 48.1 Å². The van der Waals surface area contributed by atoms with Gasteiger partial charge in [0.25, 0.3) is 0 Å². The molecular weight excluding hydrogens is 268 g/mol. The van der Waals surface area contributed by atoms with Crippen molar-refractivity contribution in [3.8, 4) is 0 Å². The highest BCUT2D eigenvalue weighted by molar-refractivity contribution is 6.01. The molecule has 1 unspecified atom stereocenters. The van der Waals surface area contributed by atoms with Gasteiger partial charge in [0.05, 0.1) is 0 Å². The zero-order valence-corrected chi connectivity index (χ0v) is 12.8. The lowest BCUT2D eigenvalue weighted by atomic mass is 10.0. The fraction of sp³-hybridized carbons (Fsp3) is 0.500. The topological polar surface area (TPSA) is 58.6 Å². The Morgan fingerprint density at radius 1 is 1.24 bits per heavy atom. The van der Waals surface area contributed by atoms with Crippen LogP contribution in [-0.2, 0) is 4.74 Å². The molecule has 1 fully saturated rings. The van der Waals surface area contributed by atoms with Crippen molar-refractivity contribution in [2.24, 2.45) is 0 Å². The third-order valence-corrected chi connectivity index (χ3v) is 3.23. The molecule has 5 heteroatoms. The Morgan fingerprint density at radius 2 is 1.90 bits per heavy atom. The molecule has 0 radical (unpaired) electrons. The molecule has 0 aliphatic carbocycles. The van der Waals surface area contributed by atoms with Gasteiger partial charge in [-0.15, -0.1) is 0 Å². The van der Waals surface area contributed by atoms with E-state index < -0.39 is 17.7 Å². The highest BCUT2D eigenvalue weighted by Crippen LogP contribution is 2.16. The van der Waals surface area contributed by atoms with E-state index in [0.717, 1.165) is 0 Å². The maximum atomic E-state index is 12.6. The van der Waals surface area contributed by atoms with Crippen LogP contribution in [0.15, 0.2) is 30.3 Å². The first-order valence-electron chi connectivity index (χ1n) is 7.18. The van der Waals surface area contributed by atoms with Crippen LogP contribution in [0.1, 0.15) is 31.1 Å². The van der Waals surface area contributed by atoms with E-state index in [4.69, 9.17) is 4.74 Å². The number of rotatable bonds is 2. The molecule has 5 nitrogen and oxygen atoms in total. The van der Waals surface area contributed by atoms with Crippen LogP contribution in [0, 0.1) is 0 Å². The number of carbonyl (C=O) groups excluding carboxylic acids is 2. The lowest BCUT2D eigenvalue weighted by Gasteiger charge is -2.36. The minimum absolute atomic E-state index is 0.0614. The predicted molar refractivity (Wildman–Crippen MR) is 80.4 cm³/mol. The summed E-state index contributed by atoms with van der Waals surface area (Å²) < 4.78 is 5.40. The van der Waals surface area contributed by atoms with Crippen LogP contribution >= 0.6 is 0 Å². The number of benzene rings is 1. The van der Waals surface area contributed by atoms with Gasteiger partial charge in [0, 0.05) is 25.2 Å². The molecule has 1 amide bonds. The lowest BCUT2D eigenvalue weighted by Crippen LogP contribution is -2.57. The van der Waals surface area contributed by atoms with Gasteiger partial charge in [-0.05, 0) is 20.8 Å². The third-order valence-electron chi connectivity index (χ3n) is 3.23. The smallest absolute Gasteiger partial charge is 0.411 e. The molecule has 1 heterocycles. The minimum atomic E-state index is -0.567. The molecule has 1 aromatic rings. The van der Waals surface area contributed by atoms with Crippen molar-refractivity contribution in [1.29, 1.82) is 0 Å². The minimum Gasteiger partial charge on any atom is -0.444 e. The summed E-state index contributed by atoms with van der Waals surface area (Å²) >= 11 is 0. The summed E-state index contributed by atoms with van der Waals surface area (Å²) in [6.45, 7) is 7.05. The van der Waals surface area contributed by atoms with Gasteiger partial charge in [-0.1, -0.05) is 30.3 Å². The fourth-order valence-corrected chi connectivity index (χ4v) is 2.27. The van der Waals surface area contributed by atoms with Crippen molar-refractivity contribution < 1.29 is 14.3 Å². The molecule has 2 rings (SSSR count). The average Bonchev–Trinajstić information content (AvgIpc) is 2.45. The van der Waals surface area contributed by atoms with Gasteiger partial charge in [0.1, 0.15) is 11.6 Å². The number of hydrogen-bond donors (Lipinski definition) is 1. The zero-order valence-electron chi connectivity index (χ0n) is 12.8. The summed E-state index contributed by atoms with van der Waals surface area (Å²) in [5, 5.41) is 3.16. The molecule has 114 valence electrons. The number of amides is 1. The second-order valence-electron chi connectivity index (χ2n) is 6.12. The van der Waals surface area contributed by atoms with E-state index in [1.165, 1.54) is 4.90 Å². The number of carbonyl (C=O) groups is 2. The molecule has 1 atom stereocenters. The first-order chi connectivity index (χ1) is 9.88. The summed E-state index contributed by atoms with van der Waals surface area (Å²) in [7, 11) is 0. The molecular formula is C16H22N2O3. The van der Waals surface area contributed by atoms with E-state index >= 15 is 0 Å². The van der Waals surface area contributed by atoms with Gasteiger partial charge in [-0.2, -0.15) is 0 Å². The van der Waals surface area contributed by atoms with Crippen molar-refractivity contribution in [2.75, 3.05) is 19.6 Å². The molecule has 1 aliphatic rings. The Balaban J connectivity index is 2.16. The van der Waals surface area contributed by atoms with Crippen LogP contribution in [0.5, 0.6) is 0 Å². The molecule has 0 spiro atoms. The molecule has 0 aromatic heterocycles.